The highest BCUT2D eigenvalue weighted by Crippen LogP contribution is 2.23. The van der Waals surface area contributed by atoms with Gasteiger partial charge in [0.1, 0.15) is 11.3 Å². The summed E-state index contributed by atoms with van der Waals surface area (Å²) in [6.45, 7) is 4.00. The van der Waals surface area contributed by atoms with Crippen molar-refractivity contribution in [3.63, 3.8) is 0 Å². The van der Waals surface area contributed by atoms with Crippen LogP contribution in [0, 0.1) is 11.6 Å². The number of rotatable bonds is 4. The van der Waals surface area contributed by atoms with E-state index in [2.05, 4.69) is 10.6 Å². The molecular weight excluding hydrogens is 334 g/mol. The summed E-state index contributed by atoms with van der Waals surface area (Å²) in [5.41, 5.74) is 0.279. The zero-order valence-corrected chi connectivity index (χ0v) is 13.9. The van der Waals surface area contributed by atoms with E-state index in [0.717, 1.165) is 12.1 Å². The number of hydrogen-bond donors (Lipinski definition) is 3. The molecule has 0 heterocycles. The molecule has 0 spiro atoms. The minimum Gasteiger partial charge on any atom is -0.496 e. The number of carboxylic acids is 1. The summed E-state index contributed by atoms with van der Waals surface area (Å²) in [6, 6.07) is 6.19. The first-order chi connectivity index (χ1) is 11.9. The fourth-order valence-corrected chi connectivity index (χ4v) is 1.81. The van der Waals surface area contributed by atoms with Gasteiger partial charge in [-0.15, -0.1) is 0 Å². The summed E-state index contributed by atoms with van der Waals surface area (Å²) in [5.74, 6) is -3.21. The van der Waals surface area contributed by atoms with E-state index in [1.807, 2.05) is 13.8 Å². The van der Waals surface area contributed by atoms with Crippen LogP contribution in [0.1, 0.15) is 24.2 Å². The molecule has 8 heteroatoms. The van der Waals surface area contributed by atoms with Crippen molar-refractivity contribution in [1.29, 1.82) is 0 Å². The molecule has 6 nitrogen and oxygen atoms in total. The molecule has 2 aromatic carbocycles. The number of urea groups is 1. The van der Waals surface area contributed by atoms with Crippen LogP contribution in [0.15, 0.2) is 36.4 Å². The maximum absolute atomic E-state index is 13.1. The Bertz CT molecular complexity index is 766. The molecule has 2 amide bonds. The second-order valence-electron chi connectivity index (χ2n) is 4.43. The van der Waals surface area contributed by atoms with Gasteiger partial charge < -0.3 is 20.5 Å². The summed E-state index contributed by atoms with van der Waals surface area (Å²) in [5, 5.41) is 13.7. The molecule has 0 aromatic heterocycles. The molecule has 0 saturated carbocycles. The largest absolute Gasteiger partial charge is 0.496 e. The fourth-order valence-electron chi connectivity index (χ4n) is 1.81. The lowest BCUT2D eigenvalue weighted by atomic mass is 10.2. The van der Waals surface area contributed by atoms with Crippen molar-refractivity contribution >= 4 is 23.4 Å². The van der Waals surface area contributed by atoms with Gasteiger partial charge in [-0.25, -0.2) is 18.4 Å². The van der Waals surface area contributed by atoms with Crippen molar-refractivity contribution in [2.75, 3.05) is 17.7 Å². The normalized spacial score (nSPS) is 9.48. The monoisotopic (exact) mass is 352 g/mol. The number of amides is 2. The van der Waals surface area contributed by atoms with Gasteiger partial charge in [0.25, 0.3) is 0 Å². The van der Waals surface area contributed by atoms with Crippen LogP contribution in [0.3, 0.4) is 0 Å². The third-order valence-corrected chi connectivity index (χ3v) is 2.87. The van der Waals surface area contributed by atoms with Gasteiger partial charge in [0.15, 0.2) is 11.6 Å². The molecule has 25 heavy (non-hydrogen) atoms. The molecule has 2 rings (SSSR count). The Morgan fingerprint density at radius 1 is 0.960 bits per heavy atom. The Morgan fingerprint density at radius 2 is 1.52 bits per heavy atom. The molecule has 2 aromatic rings. The Hall–Kier alpha value is -3.16. The van der Waals surface area contributed by atoms with Crippen LogP contribution in [0.2, 0.25) is 0 Å². The van der Waals surface area contributed by atoms with Crippen LogP contribution in [-0.2, 0) is 0 Å². The zero-order valence-electron chi connectivity index (χ0n) is 13.9. The number of anilines is 2. The molecule has 0 saturated heterocycles. The molecule has 0 aliphatic carbocycles. The van der Waals surface area contributed by atoms with Gasteiger partial charge in [-0.2, -0.15) is 0 Å². The van der Waals surface area contributed by atoms with E-state index in [9.17, 15) is 18.4 Å². The van der Waals surface area contributed by atoms with Gasteiger partial charge in [-0.1, -0.05) is 13.8 Å². The lowest BCUT2D eigenvalue weighted by Gasteiger charge is -2.10. The van der Waals surface area contributed by atoms with E-state index in [0.29, 0.717) is 0 Å². The first-order valence-corrected chi connectivity index (χ1v) is 7.35. The minimum atomic E-state index is -1.17. The van der Waals surface area contributed by atoms with E-state index in [1.165, 1.54) is 31.4 Å². The maximum atomic E-state index is 13.1. The summed E-state index contributed by atoms with van der Waals surface area (Å²) >= 11 is 0. The highest BCUT2D eigenvalue weighted by molar-refractivity contribution is 6.00. The Kier molecular flexibility index (Phi) is 7.33. The average Bonchev–Trinajstić information content (AvgIpc) is 2.59. The summed E-state index contributed by atoms with van der Waals surface area (Å²) in [4.78, 5) is 22.8. The number of carboxylic acid groups (broad SMARTS) is 1. The summed E-state index contributed by atoms with van der Waals surface area (Å²) < 4.78 is 30.8. The van der Waals surface area contributed by atoms with Crippen molar-refractivity contribution in [1.82, 2.24) is 0 Å². The van der Waals surface area contributed by atoms with Crippen molar-refractivity contribution in [2.24, 2.45) is 0 Å². The van der Waals surface area contributed by atoms with E-state index >= 15 is 0 Å². The van der Waals surface area contributed by atoms with Crippen LogP contribution in [-0.4, -0.2) is 24.2 Å². The van der Waals surface area contributed by atoms with Crippen LogP contribution in [0.5, 0.6) is 5.75 Å². The Morgan fingerprint density at radius 3 is 2.04 bits per heavy atom. The van der Waals surface area contributed by atoms with Gasteiger partial charge in [0, 0.05) is 23.5 Å². The van der Waals surface area contributed by atoms with Crippen LogP contribution in [0.4, 0.5) is 25.0 Å². The molecule has 0 aliphatic rings. The van der Waals surface area contributed by atoms with E-state index in [1.54, 1.807) is 0 Å². The number of benzene rings is 2. The first-order valence-electron chi connectivity index (χ1n) is 7.35. The summed E-state index contributed by atoms with van der Waals surface area (Å²) in [6.07, 6.45) is 0. The number of halogens is 2. The van der Waals surface area contributed by atoms with Crippen LogP contribution in [0.25, 0.3) is 0 Å². The quantitative estimate of drug-likeness (QED) is 0.764. The maximum Gasteiger partial charge on any atom is 0.339 e. The molecule has 0 aliphatic heterocycles. The van der Waals surface area contributed by atoms with Crippen molar-refractivity contribution < 1.29 is 28.2 Å². The van der Waals surface area contributed by atoms with Gasteiger partial charge in [-0.05, 0) is 24.3 Å². The third kappa shape index (κ3) is 5.45. The summed E-state index contributed by atoms with van der Waals surface area (Å²) in [7, 11) is 1.30. The smallest absolute Gasteiger partial charge is 0.339 e. The van der Waals surface area contributed by atoms with Gasteiger partial charge >= 0.3 is 12.0 Å². The average molecular weight is 352 g/mol. The number of hydrogen-bond acceptors (Lipinski definition) is 3. The lowest BCUT2D eigenvalue weighted by Crippen LogP contribution is -2.19. The molecule has 0 unspecified atom stereocenters. The molecule has 0 atom stereocenters. The van der Waals surface area contributed by atoms with E-state index < -0.39 is 23.6 Å². The fraction of sp³-hybridized carbons (Fsp3) is 0.176. The van der Waals surface area contributed by atoms with Crippen molar-refractivity contribution in [3.8, 4) is 5.75 Å². The number of carbonyl (C=O) groups excluding carboxylic acids is 1. The minimum absolute atomic E-state index is 0.0564. The molecular formula is C17H18F2N2O4. The molecule has 134 valence electrons. The third-order valence-electron chi connectivity index (χ3n) is 2.87. The van der Waals surface area contributed by atoms with Crippen LogP contribution >= 0.6 is 0 Å². The highest BCUT2D eigenvalue weighted by Gasteiger charge is 2.12. The van der Waals surface area contributed by atoms with Crippen LogP contribution < -0.4 is 15.4 Å². The Balaban J connectivity index is 0.00000151. The van der Waals surface area contributed by atoms with Crippen molar-refractivity contribution in [3.05, 3.63) is 53.6 Å². The predicted octanol–water partition coefficient (Wildman–Crippen LogP) is 4.34. The molecule has 0 fully saturated rings. The van der Waals surface area contributed by atoms with E-state index in [4.69, 9.17) is 9.84 Å². The second kappa shape index (κ2) is 9.21. The van der Waals surface area contributed by atoms with E-state index in [-0.39, 0.29) is 22.7 Å². The number of carbonyl (C=O) groups is 2. The van der Waals surface area contributed by atoms with Gasteiger partial charge in [0.05, 0.1) is 7.11 Å². The van der Waals surface area contributed by atoms with Crippen molar-refractivity contribution in [2.45, 2.75) is 13.8 Å². The number of methoxy groups -OCH3 is 1. The zero-order chi connectivity index (χ0) is 19.0. The molecule has 0 bridgehead atoms. The Labute approximate surface area is 143 Å². The topological polar surface area (TPSA) is 87.7 Å². The van der Waals surface area contributed by atoms with Gasteiger partial charge in [0.2, 0.25) is 0 Å². The molecule has 3 N–H and O–H groups in total. The number of ether oxygens (including phenoxy) is 1. The second-order valence-corrected chi connectivity index (χ2v) is 4.43. The lowest BCUT2D eigenvalue weighted by molar-refractivity contribution is 0.0693. The highest BCUT2D eigenvalue weighted by atomic mass is 19.2. The standard InChI is InChI=1S/C15H12F2N2O4.C2H6/c1-23-13-7-9(2-4-10(13)14(20)21)19-15(22)18-8-3-5-11(16)12(17)6-8;1-2/h2-7H,1H3,(H,20,21)(H2,18,19,22);1-2H3. The van der Waals surface area contributed by atoms with Gasteiger partial charge in [-0.3, -0.25) is 0 Å². The predicted molar refractivity (Wildman–Crippen MR) is 90.3 cm³/mol. The number of nitrogens with one attached hydrogen (secondary N) is 2. The molecule has 0 radical (unpaired) electrons. The number of aromatic carboxylic acids is 1. The first kappa shape index (κ1) is 19.9. The SMILES string of the molecule is CC.COc1cc(NC(=O)Nc2ccc(F)c(F)c2)ccc1C(=O)O.